The van der Waals surface area contributed by atoms with Crippen LogP contribution in [0.5, 0.6) is 0 Å². The zero-order chi connectivity index (χ0) is 14.0. The highest BCUT2D eigenvalue weighted by atomic mass is 79.9. The lowest BCUT2D eigenvalue weighted by molar-refractivity contribution is 0.0791. The summed E-state index contributed by atoms with van der Waals surface area (Å²) in [5.41, 5.74) is 2.24. The predicted octanol–water partition coefficient (Wildman–Crippen LogP) is 4.42. The Bertz CT molecular complexity index is 575. The van der Waals surface area contributed by atoms with Crippen LogP contribution in [-0.4, -0.2) is 24.5 Å². The maximum atomic E-state index is 5.72. The molecule has 19 heavy (non-hydrogen) atoms. The highest BCUT2D eigenvalue weighted by molar-refractivity contribution is 9.10. The summed E-state index contributed by atoms with van der Waals surface area (Å²) in [5, 5.41) is 5.72. The van der Waals surface area contributed by atoms with E-state index in [0.29, 0.717) is 6.73 Å². The number of hydrogen-bond donors (Lipinski definition) is 0. The van der Waals surface area contributed by atoms with E-state index in [1.807, 2.05) is 10.9 Å². The van der Waals surface area contributed by atoms with Gasteiger partial charge in [-0.3, -0.25) is 0 Å². The van der Waals surface area contributed by atoms with Crippen LogP contribution in [0, 0.1) is 6.92 Å². The first-order chi connectivity index (χ1) is 8.85. The number of aryl methyl sites for hydroxylation is 1. The van der Waals surface area contributed by atoms with Crippen LogP contribution in [-0.2, 0) is 11.5 Å². The molecule has 2 rings (SSSR count). The van der Waals surface area contributed by atoms with Crippen LogP contribution in [0.4, 0.5) is 0 Å². The van der Waals surface area contributed by atoms with Crippen LogP contribution in [0.25, 0.3) is 10.9 Å². The molecule has 0 bridgehead atoms. The summed E-state index contributed by atoms with van der Waals surface area (Å²) < 4.78 is 8.70. The Labute approximate surface area is 124 Å². The Kier molecular flexibility index (Phi) is 4.48. The van der Waals surface area contributed by atoms with Gasteiger partial charge in [-0.05, 0) is 30.7 Å². The van der Waals surface area contributed by atoms with Gasteiger partial charge < -0.3 is 4.74 Å². The number of hydrogen-bond acceptors (Lipinski definition) is 2. The number of ether oxygens (including phenoxy) is 1. The van der Waals surface area contributed by atoms with Crippen molar-refractivity contribution in [1.29, 1.82) is 0 Å². The van der Waals surface area contributed by atoms with E-state index in [-0.39, 0.29) is 0 Å². The number of aromatic nitrogens is 2. The fraction of sp³-hybridized carbons (Fsp3) is 0.500. The Morgan fingerprint density at radius 1 is 1.32 bits per heavy atom. The molecule has 0 saturated carbocycles. The third-order valence-corrected chi connectivity index (χ3v) is 5.19. The number of fused-ring (bicyclic) bond motifs is 1. The lowest BCUT2D eigenvalue weighted by atomic mass is 10.2. The third kappa shape index (κ3) is 4.16. The Balaban J connectivity index is 2.00. The topological polar surface area (TPSA) is 27.1 Å². The lowest BCUT2D eigenvalue weighted by Gasteiger charge is -2.15. The zero-order valence-electron chi connectivity index (χ0n) is 12.0. The van der Waals surface area contributed by atoms with Crippen LogP contribution >= 0.6 is 15.9 Å². The molecule has 0 saturated heterocycles. The molecule has 104 valence electrons. The highest BCUT2D eigenvalue weighted by Gasteiger charge is 2.12. The summed E-state index contributed by atoms with van der Waals surface area (Å²) in [7, 11) is -1.00. The van der Waals surface area contributed by atoms with Gasteiger partial charge in [-0.15, -0.1) is 0 Å². The Hall–Kier alpha value is -0.653. The molecule has 0 atom stereocenters. The van der Waals surface area contributed by atoms with Crippen LogP contribution in [0.15, 0.2) is 22.8 Å². The summed E-state index contributed by atoms with van der Waals surface area (Å²) in [4.78, 5) is 0. The Morgan fingerprint density at radius 3 is 2.74 bits per heavy atom. The van der Waals surface area contributed by atoms with Gasteiger partial charge in [0.15, 0.2) is 0 Å². The summed E-state index contributed by atoms with van der Waals surface area (Å²) in [6.45, 7) is 10.5. The van der Waals surface area contributed by atoms with Crippen molar-refractivity contribution in [3.63, 3.8) is 0 Å². The molecule has 0 N–H and O–H groups in total. The van der Waals surface area contributed by atoms with Gasteiger partial charge >= 0.3 is 0 Å². The highest BCUT2D eigenvalue weighted by Crippen LogP contribution is 2.22. The van der Waals surface area contributed by atoms with Crippen molar-refractivity contribution in [2.45, 2.75) is 39.3 Å². The normalized spacial score (nSPS) is 12.3. The van der Waals surface area contributed by atoms with Crippen molar-refractivity contribution in [3.8, 4) is 0 Å². The molecule has 0 aliphatic rings. The summed E-state index contributed by atoms with van der Waals surface area (Å²) in [6.07, 6.45) is 2.04. The maximum absolute atomic E-state index is 5.72. The Morgan fingerprint density at radius 2 is 2.05 bits per heavy atom. The van der Waals surface area contributed by atoms with Crippen molar-refractivity contribution < 1.29 is 4.74 Å². The molecule has 5 heteroatoms. The average molecular weight is 341 g/mol. The molecule has 2 aromatic rings. The van der Waals surface area contributed by atoms with E-state index in [1.54, 1.807) is 0 Å². The van der Waals surface area contributed by atoms with E-state index in [1.165, 1.54) is 11.6 Å². The minimum absolute atomic E-state index is 0.538. The van der Waals surface area contributed by atoms with Gasteiger partial charge in [0.1, 0.15) is 6.73 Å². The fourth-order valence-corrected chi connectivity index (χ4v) is 3.26. The number of nitrogens with zero attached hydrogens (tertiary/aromatic N) is 2. The molecule has 0 aliphatic carbocycles. The minimum atomic E-state index is -1.00. The standard InChI is InChI=1S/C14H21BrN2OSi/c1-11-7-13(15)8-12-9-17(16-14(11)12)10-18-5-6-19(2,3)4/h7-9H,5-6,10H2,1-4H3. The molecule has 1 aromatic carbocycles. The molecule has 0 amide bonds. The van der Waals surface area contributed by atoms with Crippen molar-refractivity contribution in [2.75, 3.05) is 6.61 Å². The molecule has 0 aliphatic heterocycles. The van der Waals surface area contributed by atoms with Crippen molar-refractivity contribution in [2.24, 2.45) is 0 Å². The van der Waals surface area contributed by atoms with Crippen molar-refractivity contribution >= 4 is 34.9 Å². The summed E-state index contributed by atoms with van der Waals surface area (Å²) >= 11 is 3.51. The number of halogens is 1. The van der Waals surface area contributed by atoms with Crippen LogP contribution in [0.3, 0.4) is 0 Å². The van der Waals surface area contributed by atoms with E-state index in [2.05, 4.69) is 59.7 Å². The van der Waals surface area contributed by atoms with E-state index >= 15 is 0 Å². The number of rotatable bonds is 5. The smallest absolute Gasteiger partial charge is 0.139 e. The van der Waals surface area contributed by atoms with Crippen LogP contribution in [0.2, 0.25) is 25.7 Å². The second-order valence-electron chi connectivity index (χ2n) is 6.18. The van der Waals surface area contributed by atoms with Gasteiger partial charge in [0.2, 0.25) is 0 Å². The van der Waals surface area contributed by atoms with Crippen molar-refractivity contribution in [1.82, 2.24) is 9.78 Å². The fourth-order valence-electron chi connectivity index (χ4n) is 1.92. The number of benzene rings is 1. The molecule has 1 aromatic heterocycles. The molecule has 0 unspecified atom stereocenters. The lowest BCUT2D eigenvalue weighted by Crippen LogP contribution is -2.22. The van der Waals surface area contributed by atoms with Crippen LogP contribution in [0.1, 0.15) is 5.56 Å². The second-order valence-corrected chi connectivity index (χ2v) is 12.7. The first-order valence-electron chi connectivity index (χ1n) is 6.56. The zero-order valence-corrected chi connectivity index (χ0v) is 14.6. The summed E-state index contributed by atoms with van der Waals surface area (Å²) in [6, 6.07) is 5.37. The molecular formula is C14H21BrN2OSi. The molecule has 3 nitrogen and oxygen atoms in total. The first-order valence-corrected chi connectivity index (χ1v) is 11.1. The van der Waals surface area contributed by atoms with Gasteiger partial charge in [0.25, 0.3) is 0 Å². The largest absolute Gasteiger partial charge is 0.360 e. The maximum Gasteiger partial charge on any atom is 0.139 e. The van der Waals surface area contributed by atoms with E-state index in [9.17, 15) is 0 Å². The van der Waals surface area contributed by atoms with Gasteiger partial charge in [-0.2, -0.15) is 5.10 Å². The second kappa shape index (κ2) is 5.77. The van der Waals surface area contributed by atoms with Gasteiger partial charge in [-0.1, -0.05) is 35.6 Å². The van der Waals surface area contributed by atoms with E-state index < -0.39 is 8.07 Å². The summed E-state index contributed by atoms with van der Waals surface area (Å²) in [5.74, 6) is 0. The van der Waals surface area contributed by atoms with E-state index in [4.69, 9.17) is 4.74 Å². The van der Waals surface area contributed by atoms with Gasteiger partial charge in [0, 0.05) is 30.7 Å². The SMILES string of the molecule is Cc1cc(Br)cc2cn(COCC[Si](C)(C)C)nc12. The van der Waals surface area contributed by atoms with Crippen molar-refractivity contribution in [3.05, 3.63) is 28.4 Å². The average Bonchev–Trinajstić information content (AvgIpc) is 2.66. The third-order valence-electron chi connectivity index (χ3n) is 3.03. The van der Waals surface area contributed by atoms with Gasteiger partial charge in [-0.25, -0.2) is 4.68 Å². The van der Waals surface area contributed by atoms with Gasteiger partial charge in [0.05, 0.1) is 5.52 Å². The predicted molar refractivity (Wildman–Crippen MR) is 86.3 cm³/mol. The molecule has 1 heterocycles. The molecular weight excluding hydrogens is 320 g/mol. The first kappa shape index (κ1) is 14.7. The minimum Gasteiger partial charge on any atom is -0.360 e. The quantitative estimate of drug-likeness (QED) is 0.595. The van der Waals surface area contributed by atoms with Crippen LogP contribution < -0.4 is 0 Å². The molecule has 0 spiro atoms. The van der Waals surface area contributed by atoms with E-state index in [0.717, 1.165) is 22.0 Å². The monoisotopic (exact) mass is 340 g/mol. The molecule has 0 radical (unpaired) electrons. The molecule has 0 fully saturated rings.